The van der Waals surface area contributed by atoms with Crippen LogP contribution in [0.3, 0.4) is 0 Å². The van der Waals surface area contributed by atoms with Gasteiger partial charge < -0.3 is 9.47 Å². The van der Waals surface area contributed by atoms with Crippen LogP contribution in [0.4, 0.5) is 4.79 Å². The number of ether oxygens (including phenoxy) is 2. The molecule has 0 aliphatic carbocycles. The lowest BCUT2D eigenvalue weighted by Crippen LogP contribution is -2.05. The summed E-state index contributed by atoms with van der Waals surface area (Å²) in [7, 11) is 1.28. The number of hydrogen-bond acceptors (Lipinski definition) is 4. The second kappa shape index (κ2) is 6.97. The van der Waals surface area contributed by atoms with Crippen molar-refractivity contribution in [3.05, 3.63) is 0 Å². The molecule has 0 saturated heterocycles. The molecule has 0 unspecified atom stereocenters. The summed E-state index contributed by atoms with van der Waals surface area (Å²) >= 11 is 1.28. The first-order valence-corrected chi connectivity index (χ1v) is 4.80. The molecule has 0 bridgehead atoms. The molecule has 5 heteroatoms. The Morgan fingerprint density at radius 2 is 2.25 bits per heavy atom. The van der Waals surface area contributed by atoms with Gasteiger partial charge in [0.05, 0.1) is 13.7 Å². The Morgan fingerprint density at radius 1 is 1.58 bits per heavy atom. The van der Waals surface area contributed by atoms with E-state index in [0.717, 1.165) is 6.42 Å². The highest BCUT2D eigenvalue weighted by Gasteiger charge is 2.02. The van der Waals surface area contributed by atoms with E-state index in [2.05, 4.69) is 9.73 Å². The number of hydrogen-bond donors (Lipinski definition) is 0. The van der Waals surface area contributed by atoms with Gasteiger partial charge in [-0.05, 0) is 12.7 Å². The topological polar surface area (TPSA) is 47.9 Å². The van der Waals surface area contributed by atoms with Crippen molar-refractivity contribution in [3.8, 4) is 0 Å². The van der Waals surface area contributed by atoms with E-state index in [4.69, 9.17) is 4.74 Å². The average molecular weight is 191 g/mol. The van der Waals surface area contributed by atoms with Gasteiger partial charge in [0.1, 0.15) is 0 Å². The molecule has 1 amide bonds. The van der Waals surface area contributed by atoms with E-state index in [9.17, 15) is 4.79 Å². The molecule has 0 aromatic heterocycles. The lowest BCUT2D eigenvalue weighted by Gasteiger charge is -2.03. The number of aliphatic imine (C=N–C) groups is 1. The van der Waals surface area contributed by atoms with Gasteiger partial charge in [0.25, 0.3) is 5.23 Å². The molecule has 0 aromatic rings. The number of amides is 1. The Hall–Kier alpha value is -0.710. The fourth-order valence-corrected chi connectivity index (χ4v) is 0.813. The van der Waals surface area contributed by atoms with Crippen LogP contribution in [0.25, 0.3) is 0 Å². The first kappa shape index (κ1) is 11.3. The third kappa shape index (κ3) is 5.01. The van der Waals surface area contributed by atoms with Gasteiger partial charge >= 0.3 is 6.09 Å². The van der Waals surface area contributed by atoms with Gasteiger partial charge in [0.15, 0.2) is 0 Å². The minimum absolute atomic E-state index is 0.351. The summed E-state index contributed by atoms with van der Waals surface area (Å²) in [5.41, 5.74) is 0. The van der Waals surface area contributed by atoms with E-state index in [-0.39, 0.29) is 0 Å². The minimum Gasteiger partial charge on any atom is -0.473 e. The minimum atomic E-state index is -0.629. The summed E-state index contributed by atoms with van der Waals surface area (Å²) in [6.07, 6.45) is 2.05. The monoisotopic (exact) mass is 191 g/mol. The van der Waals surface area contributed by atoms with Crippen molar-refractivity contribution in [2.45, 2.75) is 13.3 Å². The zero-order chi connectivity index (χ0) is 9.40. The van der Waals surface area contributed by atoms with Crippen molar-refractivity contribution in [1.82, 2.24) is 0 Å². The largest absolute Gasteiger partial charge is 0.473 e. The molecule has 0 saturated carbocycles. The van der Waals surface area contributed by atoms with Crippen LogP contribution in [0.2, 0.25) is 0 Å². The van der Waals surface area contributed by atoms with Gasteiger partial charge in [0, 0.05) is 0 Å². The molecular formula is C7H13NO3S. The number of nitrogens with zero attached hydrogens (tertiary/aromatic N) is 1. The third-order valence-electron chi connectivity index (χ3n) is 0.961. The summed E-state index contributed by atoms with van der Waals surface area (Å²) in [5.74, 6) is 0. The van der Waals surface area contributed by atoms with Gasteiger partial charge in [-0.2, -0.15) is 0 Å². The Bertz CT molecular complexity index is 170. The maximum atomic E-state index is 10.6. The first-order chi connectivity index (χ1) is 5.74. The zero-order valence-electron chi connectivity index (χ0n) is 7.49. The molecule has 0 N–H and O–H groups in total. The fourth-order valence-electron chi connectivity index (χ4n) is 0.446. The Balaban J connectivity index is 3.94. The highest BCUT2D eigenvalue weighted by atomic mass is 32.2. The van der Waals surface area contributed by atoms with Gasteiger partial charge in [-0.15, -0.1) is 4.99 Å². The molecule has 0 rings (SSSR count). The summed E-state index contributed by atoms with van der Waals surface area (Å²) in [6.45, 7) is 2.55. The quantitative estimate of drug-likeness (QED) is 0.494. The summed E-state index contributed by atoms with van der Waals surface area (Å²) in [4.78, 5) is 14.2. The fraction of sp³-hybridized carbons (Fsp3) is 0.714. The van der Waals surface area contributed by atoms with E-state index in [1.807, 2.05) is 6.92 Å². The van der Waals surface area contributed by atoms with Crippen LogP contribution in [0.15, 0.2) is 4.99 Å². The van der Waals surface area contributed by atoms with E-state index < -0.39 is 6.09 Å². The molecule has 0 spiro atoms. The standard InChI is InChI=1S/C7H13NO3S/c1-4-5-11-7(12-3)8-6(9)10-2/h4-5H2,1-3H3/b8-7-. The summed E-state index contributed by atoms with van der Waals surface area (Å²) < 4.78 is 9.47. The molecule has 0 heterocycles. The van der Waals surface area contributed by atoms with Crippen molar-refractivity contribution in [2.24, 2.45) is 4.99 Å². The van der Waals surface area contributed by atoms with Crippen molar-refractivity contribution in [1.29, 1.82) is 0 Å². The van der Waals surface area contributed by atoms with E-state index >= 15 is 0 Å². The van der Waals surface area contributed by atoms with Gasteiger partial charge in [-0.3, -0.25) is 0 Å². The third-order valence-corrected chi connectivity index (χ3v) is 1.52. The van der Waals surface area contributed by atoms with Gasteiger partial charge in [-0.25, -0.2) is 4.79 Å². The van der Waals surface area contributed by atoms with Gasteiger partial charge in [-0.1, -0.05) is 18.7 Å². The lowest BCUT2D eigenvalue weighted by molar-refractivity contribution is 0.181. The van der Waals surface area contributed by atoms with Crippen LogP contribution in [0.1, 0.15) is 13.3 Å². The molecule has 0 aliphatic rings. The smallest absolute Gasteiger partial charge is 0.437 e. The van der Waals surface area contributed by atoms with Crippen LogP contribution in [-0.2, 0) is 9.47 Å². The van der Waals surface area contributed by atoms with Crippen molar-refractivity contribution in [3.63, 3.8) is 0 Å². The van der Waals surface area contributed by atoms with Crippen molar-refractivity contribution in [2.75, 3.05) is 20.0 Å². The SMILES string of the molecule is CCCO/C(=N/C(=O)OC)SC. The number of carbonyl (C=O) groups excluding carboxylic acids is 1. The molecule has 70 valence electrons. The second-order valence-corrected chi connectivity index (χ2v) is 2.66. The van der Waals surface area contributed by atoms with E-state index in [1.165, 1.54) is 18.9 Å². The summed E-state index contributed by atoms with van der Waals surface area (Å²) in [5, 5.41) is 0.351. The molecule has 4 nitrogen and oxygen atoms in total. The van der Waals surface area contributed by atoms with Crippen LogP contribution in [-0.4, -0.2) is 31.3 Å². The van der Waals surface area contributed by atoms with Crippen molar-refractivity contribution < 1.29 is 14.3 Å². The maximum Gasteiger partial charge on any atom is 0.437 e. The average Bonchev–Trinajstić information content (AvgIpc) is 2.11. The Morgan fingerprint density at radius 3 is 2.67 bits per heavy atom. The Labute approximate surface area is 76.3 Å². The van der Waals surface area contributed by atoms with E-state index in [0.29, 0.717) is 11.8 Å². The zero-order valence-corrected chi connectivity index (χ0v) is 8.31. The highest BCUT2D eigenvalue weighted by molar-refractivity contribution is 8.13. The molecule has 0 radical (unpaired) electrons. The first-order valence-electron chi connectivity index (χ1n) is 3.58. The van der Waals surface area contributed by atoms with Crippen LogP contribution in [0, 0.1) is 0 Å². The normalized spacial score (nSPS) is 11.1. The van der Waals surface area contributed by atoms with E-state index in [1.54, 1.807) is 6.26 Å². The maximum absolute atomic E-state index is 10.6. The predicted molar refractivity (Wildman–Crippen MR) is 49.6 cm³/mol. The number of methoxy groups -OCH3 is 1. The summed E-state index contributed by atoms with van der Waals surface area (Å²) in [6, 6.07) is 0. The molecule has 0 aliphatic heterocycles. The number of carbonyl (C=O) groups is 1. The lowest BCUT2D eigenvalue weighted by atomic mass is 10.5. The van der Waals surface area contributed by atoms with Crippen LogP contribution >= 0.6 is 11.8 Å². The van der Waals surface area contributed by atoms with Gasteiger partial charge in [0.2, 0.25) is 0 Å². The number of thioether (sulfide) groups is 1. The molecule has 0 fully saturated rings. The van der Waals surface area contributed by atoms with Crippen LogP contribution in [0.5, 0.6) is 0 Å². The Kier molecular flexibility index (Phi) is 6.55. The number of rotatable bonds is 2. The van der Waals surface area contributed by atoms with Crippen LogP contribution < -0.4 is 0 Å². The predicted octanol–water partition coefficient (Wildman–Crippen LogP) is 1.90. The molecule has 0 atom stereocenters. The molecule has 0 aromatic carbocycles. The second-order valence-electron chi connectivity index (χ2n) is 1.90. The highest BCUT2D eigenvalue weighted by Crippen LogP contribution is 2.01. The molecular weight excluding hydrogens is 178 g/mol. The van der Waals surface area contributed by atoms with Crippen molar-refractivity contribution >= 4 is 23.1 Å². The molecule has 12 heavy (non-hydrogen) atoms.